The molecule has 24 heavy (non-hydrogen) atoms. The van der Waals surface area contributed by atoms with E-state index >= 15 is 0 Å². The van der Waals surface area contributed by atoms with Crippen LogP contribution in [0.1, 0.15) is 29.5 Å². The SMILES string of the molecule is Cc1ccc2c(CC(=O)NC3(c4ccc(Br)cc4)CC3)coc2c1. The maximum absolute atomic E-state index is 12.6. The van der Waals surface area contributed by atoms with Crippen LogP contribution in [0.2, 0.25) is 0 Å². The molecule has 1 aliphatic rings. The molecule has 2 aromatic carbocycles. The quantitative estimate of drug-likeness (QED) is 0.699. The maximum Gasteiger partial charge on any atom is 0.225 e. The lowest BCUT2D eigenvalue weighted by molar-refractivity contribution is -0.121. The van der Waals surface area contributed by atoms with Gasteiger partial charge in [-0.1, -0.05) is 40.2 Å². The zero-order chi connectivity index (χ0) is 16.7. The third-order valence-electron chi connectivity index (χ3n) is 4.69. The molecule has 122 valence electrons. The molecule has 1 N–H and O–H groups in total. The first kappa shape index (κ1) is 15.5. The first-order valence-electron chi connectivity index (χ1n) is 8.10. The number of amides is 1. The molecular weight excluding hydrogens is 366 g/mol. The zero-order valence-corrected chi connectivity index (χ0v) is 15.0. The number of halogens is 1. The molecule has 4 rings (SSSR count). The van der Waals surface area contributed by atoms with Gasteiger partial charge in [0.25, 0.3) is 0 Å². The van der Waals surface area contributed by atoms with Crippen molar-refractivity contribution >= 4 is 32.8 Å². The molecule has 0 radical (unpaired) electrons. The average molecular weight is 384 g/mol. The van der Waals surface area contributed by atoms with Crippen molar-refractivity contribution < 1.29 is 9.21 Å². The van der Waals surface area contributed by atoms with Crippen molar-refractivity contribution in [2.24, 2.45) is 0 Å². The predicted molar refractivity (Wildman–Crippen MR) is 97.9 cm³/mol. The standard InChI is InChI=1S/C20H18BrNO2/c1-13-2-7-17-14(12-24-18(17)10-13)11-19(23)22-20(8-9-20)15-3-5-16(21)6-4-15/h2-7,10,12H,8-9,11H2,1H3,(H,22,23). The monoisotopic (exact) mass is 383 g/mol. The summed E-state index contributed by atoms with van der Waals surface area (Å²) in [5.74, 6) is 0.0405. The topological polar surface area (TPSA) is 42.2 Å². The Hall–Kier alpha value is -2.07. The van der Waals surface area contributed by atoms with Crippen molar-refractivity contribution in [1.82, 2.24) is 5.32 Å². The Morgan fingerprint density at radius 3 is 2.67 bits per heavy atom. The summed E-state index contributed by atoms with van der Waals surface area (Å²) in [5.41, 5.74) is 3.92. The van der Waals surface area contributed by atoms with Crippen molar-refractivity contribution in [2.45, 2.75) is 31.7 Å². The minimum atomic E-state index is -0.187. The highest BCUT2D eigenvalue weighted by Crippen LogP contribution is 2.45. The first-order valence-corrected chi connectivity index (χ1v) is 8.89. The summed E-state index contributed by atoms with van der Waals surface area (Å²) in [6.07, 6.45) is 4.02. The number of rotatable bonds is 4. The molecule has 0 aliphatic heterocycles. The Balaban J connectivity index is 1.51. The zero-order valence-electron chi connectivity index (χ0n) is 13.4. The third kappa shape index (κ3) is 2.86. The number of furan rings is 1. The molecule has 0 unspecified atom stereocenters. The normalized spacial score (nSPS) is 15.4. The summed E-state index contributed by atoms with van der Waals surface area (Å²) in [5, 5.41) is 4.24. The molecular formula is C20H18BrNO2. The van der Waals surface area contributed by atoms with Crippen LogP contribution in [0.4, 0.5) is 0 Å². The smallest absolute Gasteiger partial charge is 0.225 e. The van der Waals surface area contributed by atoms with Gasteiger partial charge in [-0.05, 0) is 49.1 Å². The van der Waals surface area contributed by atoms with Gasteiger partial charge in [-0.15, -0.1) is 0 Å². The Bertz CT molecular complexity index is 907. The maximum atomic E-state index is 12.6. The van der Waals surface area contributed by atoms with Crippen LogP contribution in [-0.4, -0.2) is 5.91 Å². The van der Waals surface area contributed by atoms with Gasteiger partial charge in [-0.3, -0.25) is 4.79 Å². The Morgan fingerprint density at radius 1 is 1.21 bits per heavy atom. The summed E-state index contributed by atoms with van der Waals surface area (Å²) in [6, 6.07) is 14.3. The van der Waals surface area contributed by atoms with E-state index in [1.807, 2.05) is 37.3 Å². The number of aryl methyl sites for hydroxylation is 1. The van der Waals surface area contributed by atoms with E-state index in [1.54, 1.807) is 6.26 Å². The molecule has 1 fully saturated rings. The van der Waals surface area contributed by atoms with Gasteiger partial charge in [0, 0.05) is 15.4 Å². The molecule has 0 spiro atoms. The van der Waals surface area contributed by atoms with Crippen molar-refractivity contribution in [1.29, 1.82) is 0 Å². The van der Waals surface area contributed by atoms with Crippen LogP contribution < -0.4 is 5.32 Å². The van der Waals surface area contributed by atoms with E-state index in [4.69, 9.17) is 4.42 Å². The number of fused-ring (bicyclic) bond motifs is 1. The van der Waals surface area contributed by atoms with E-state index in [0.29, 0.717) is 6.42 Å². The largest absolute Gasteiger partial charge is 0.464 e. The molecule has 1 saturated carbocycles. The van der Waals surface area contributed by atoms with E-state index < -0.39 is 0 Å². The van der Waals surface area contributed by atoms with Crippen LogP contribution in [-0.2, 0) is 16.8 Å². The highest BCUT2D eigenvalue weighted by molar-refractivity contribution is 9.10. The van der Waals surface area contributed by atoms with Crippen molar-refractivity contribution in [2.75, 3.05) is 0 Å². The third-order valence-corrected chi connectivity index (χ3v) is 5.22. The number of nitrogens with one attached hydrogen (secondary N) is 1. The highest BCUT2D eigenvalue weighted by atomic mass is 79.9. The fraction of sp³-hybridized carbons (Fsp3) is 0.250. The van der Waals surface area contributed by atoms with Gasteiger partial charge in [0.15, 0.2) is 0 Å². The fourth-order valence-electron chi connectivity index (χ4n) is 3.19. The second-order valence-electron chi connectivity index (χ2n) is 6.57. The molecule has 3 nitrogen and oxygen atoms in total. The Labute approximate surface area is 149 Å². The number of carbonyl (C=O) groups is 1. The van der Waals surface area contributed by atoms with Crippen LogP contribution >= 0.6 is 15.9 Å². The summed E-state index contributed by atoms with van der Waals surface area (Å²) in [4.78, 5) is 12.6. The molecule has 0 atom stereocenters. The van der Waals surface area contributed by atoms with Crippen LogP contribution in [0.5, 0.6) is 0 Å². The summed E-state index contributed by atoms with van der Waals surface area (Å²) >= 11 is 3.45. The minimum absolute atomic E-state index is 0.0405. The van der Waals surface area contributed by atoms with Crippen LogP contribution in [0.25, 0.3) is 11.0 Å². The molecule has 4 heteroatoms. The predicted octanol–water partition coefficient (Wildman–Crippen LogP) is 4.85. The van der Waals surface area contributed by atoms with Crippen LogP contribution in [0, 0.1) is 6.92 Å². The van der Waals surface area contributed by atoms with Crippen LogP contribution in [0.3, 0.4) is 0 Å². The number of carbonyl (C=O) groups excluding carboxylic acids is 1. The lowest BCUT2D eigenvalue weighted by Crippen LogP contribution is -2.35. The Kier molecular flexibility index (Phi) is 3.72. The van der Waals surface area contributed by atoms with E-state index in [1.165, 1.54) is 5.56 Å². The summed E-state index contributed by atoms with van der Waals surface area (Å²) in [7, 11) is 0. The van der Waals surface area contributed by atoms with E-state index in [-0.39, 0.29) is 11.4 Å². The van der Waals surface area contributed by atoms with Crippen molar-refractivity contribution in [3.05, 3.63) is 69.9 Å². The molecule has 0 bridgehead atoms. The first-order chi connectivity index (χ1) is 11.6. The summed E-state index contributed by atoms with van der Waals surface area (Å²) < 4.78 is 6.64. The second-order valence-corrected chi connectivity index (χ2v) is 7.49. The van der Waals surface area contributed by atoms with Gasteiger partial charge in [0.1, 0.15) is 5.58 Å². The van der Waals surface area contributed by atoms with E-state index in [2.05, 4.69) is 33.4 Å². The van der Waals surface area contributed by atoms with Gasteiger partial charge in [0.2, 0.25) is 5.91 Å². The highest BCUT2D eigenvalue weighted by Gasteiger charge is 2.45. The van der Waals surface area contributed by atoms with Gasteiger partial charge in [0.05, 0.1) is 18.2 Å². The van der Waals surface area contributed by atoms with E-state index in [9.17, 15) is 4.79 Å². The minimum Gasteiger partial charge on any atom is -0.464 e. The molecule has 0 saturated heterocycles. The molecule has 1 aromatic heterocycles. The fourth-order valence-corrected chi connectivity index (χ4v) is 3.46. The number of hydrogen-bond donors (Lipinski definition) is 1. The van der Waals surface area contributed by atoms with Crippen molar-refractivity contribution in [3.63, 3.8) is 0 Å². The van der Waals surface area contributed by atoms with Gasteiger partial charge in [-0.2, -0.15) is 0 Å². The summed E-state index contributed by atoms with van der Waals surface area (Å²) in [6.45, 7) is 2.03. The van der Waals surface area contributed by atoms with Crippen molar-refractivity contribution in [3.8, 4) is 0 Å². The Morgan fingerprint density at radius 2 is 1.96 bits per heavy atom. The van der Waals surface area contributed by atoms with Gasteiger partial charge in [-0.25, -0.2) is 0 Å². The average Bonchev–Trinajstić information content (AvgIpc) is 3.23. The molecule has 3 aromatic rings. The van der Waals surface area contributed by atoms with Crippen LogP contribution in [0.15, 0.2) is 57.6 Å². The van der Waals surface area contributed by atoms with E-state index in [0.717, 1.165) is 39.4 Å². The lowest BCUT2D eigenvalue weighted by Gasteiger charge is -2.18. The molecule has 1 heterocycles. The number of hydrogen-bond acceptors (Lipinski definition) is 2. The lowest BCUT2D eigenvalue weighted by atomic mass is 10.0. The van der Waals surface area contributed by atoms with Gasteiger partial charge >= 0.3 is 0 Å². The molecule has 1 amide bonds. The number of benzene rings is 2. The van der Waals surface area contributed by atoms with Gasteiger partial charge < -0.3 is 9.73 Å². The second kappa shape index (κ2) is 5.78. The molecule has 1 aliphatic carbocycles.